The van der Waals surface area contributed by atoms with Crippen LogP contribution >= 0.6 is 39.1 Å². The quantitative estimate of drug-likeness (QED) is 0.521. The molecule has 0 radical (unpaired) electrons. The lowest BCUT2D eigenvalue weighted by Gasteiger charge is -2.30. The van der Waals surface area contributed by atoms with Crippen LogP contribution in [0.15, 0.2) is 46.9 Å². The number of halogens is 3. The lowest BCUT2D eigenvalue weighted by molar-refractivity contribution is -0.142. The molecule has 2 aromatic carbocycles. The summed E-state index contributed by atoms with van der Waals surface area (Å²) in [5.41, 5.74) is 0.762. The van der Waals surface area contributed by atoms with Crippen LogP contribution in [-0.2, 0) is 16.1 Å². The summed E-state index contributed by atoms with van der Waals surface area (Å²) in [6.07, 6.45) is 0.465. The number of amides is 2. The van der Waals surface area contributed by atoms with Crippen LogP contribution in [0.2, 0.25) is 10.0 Å². The van der Waals surface area contributed by atoms with Gasteiger partial charge in [0, 0.05) is 23.1 Å². The number of likely N-dealkylation sites (N-methyl/N-ethyl adjacent to an activating group) is 1. The molecule has 1 unspecified atom stereocenters. The Morgan fingerprint density at radius 1 is 1.17 bits per heavy atom. The van der Waals surface area contributed by atoms with E-state index in [2.05, 4.69) is 21.2 Å². The van der Waals surface area contributed by atoms with E-state index in [-0.39, 0.29) is 25.0 Å². The minimum Gasteiger partial charge on any atom is -0.483 e. The first kappa shape index (κ1) is 23.5. The van der Waals surface area contributed by atoms with Gasteiger partial charge in [-0.25, -0.2) is 0 Å². The number of carbonyl (C=O) groups excluding carboxylic acids is 2. The maximum atomic E-state index is 13.1. The van der Waals surface area contributed by atoms with E-state index < -0.39 is 6.04 Å². The Morgan fingerprint density at radius 2 is 1.90 bits per heavy atom. The van der Waals surface area contributed by atoms with Crippen LogP contribution in [0.5, 0.6) is 5.75 Å². The molecule has 0 saturated carbocycles. The third kappa shape index (κ3) is 6.63. The molecule has 1 atom stereocenters. The van der Waals surface area contributed by atoms with Gasteiger partial charge in [0.2, 0.25) is 5.91 Å². The zero-order valence-corrected chi connectivity index (χ0v) is 19.4. The zero-order valence-electron chi connectivity index (χ0n) is 16.3. The number of nitrogens with zero attached hydrogens (tertiary/aromatic N) is 1. The molecule has 0 aliphatic carbocycles. The topological polar surface area (TPSA) is 58.6 Å². The largest absolute Gasteiger partial charge is 0.483 e. The van der Waals surface area contributed by atoms with E-state index in [1.165, 1.54) is 4.90 Å². The molecule has 2 aromatic rings. The molecule has 2 amide bonds. The van der Waals surface area contributed by atoms with Crippen molar-refractivity contribution in [1.29, 1.82) is 0 Å². The number of nitrogens with one attached hydrogen (secondary N) is 1. The predicted octanol–water partition coefficient (Wildman–Crippen LogP) is 5.08. The Bertz CT molecular complexity index is 864. The van der Waals surface area contributed by atoms with Gasteiger partial charge in [-0.05, 0) is 59.1 Å². The Labute approximate surface area is 189 Å². The highest BCUT2D eigenvalue weighted by molar-refractivity contribution is 9.10. The number of rotatable bonds is 9. The molecule has 0 fully saturated rings. The average Bonchev–Trinajstić information content (AvgIpc) is 2.68. The number of hydrogen-bond donors (Lipinski definition) is 1. The van der Waals surface area contributed by atoms with E-state index in [9.17, 15) is 9.59 Å². The fourth-order valence-electron chi connectivity index (χ4n) is 2.84. The highest BCUT2D eigenvalue weighted by Gasteiger charge is 2.29. The van der Waals surface area contributed by atoms with Gasteiger partial charge in [-0.15, -0.1) is 0 Å². The monoisotopic (exact) mass is 500 g/mol. The SMILES string of the molecule is CCNC(=O)C(CC)N(Cc1ccccc1Cl)C(=O)COc1ccc(Cl)cc1Br. The molecule has 0 heterocycles. The van der Waals surface area contributed by atoms with Crippen molar-refractivity contribution in [2.45, 2.75) is 32.9 Å². The molecule has 0 aliphatic heterocycles. The Kier molecular flexibility index (Phi) is 9.27. The molecule has 2 rings (SSSR count). The van der Waals surface area contributed by atoms with E-state index in [1.807, 2.05) is 32.0 Å². The first-order valence-electron chi connectivity index (χ1n) is 9.25. The van der Waals surface area contributed by atoms with Crippen LogP contribution in [0.1, 0.15) is 25.8 Å². The molecule has 0 aromatic heterocycles. The van der Waals surface area contributed by atoms with Crippen LogP contribution in [0, 0.1) is 0 Å². The number of carbonyl (C=O) groups is 2. The Balaban J connectivity index is 2.23. The third-order valence-corrected chi connectivity index (χ3v) is 5.50. The van der Waals surface area contributed by atoms with Gasteiger partial charge in [-0.3, -0.25) is 9.59 Å². The van der Waals surface area contributed by atoms with Crippen molar-refractivity contribution in [3.63, 3.8) is 0 Å². The summed E-state index contributed by atoms with van der Waals surface area (Å²) < 4.78 is 6.32. The summed E-state index contributed by atoms with van der Waals surface area (Å²) in [6, 6.07) is 11.7. The molecule has 156 valence electrons. The maximum absolute atomic E-state index is 13.1. The molecule has 0 bridgehead atoms. The van der Waals surface area contributed by atoms with E-state index in [0.29, 0.717) is 33.2 Å². The second-order valence-electron chi connectivity index (χ2n) is 6.30. The fraction of sp³-hybridized carbons (Fsp3) is 0.333. The van der Waals surface area contributed by atoms with Crippen LogP contribution in [0.4, 0.5) is 0 Å². The molecule has 29 heavy (non-hydrogen) atoms. The summed E-state index contributed by atoms with van der Waals surface area (Å²) >= 11 is 15.6. The second kappa shape index (κ2) is 11.4. The summed E-state index contributed by atoms with van der Waals surface area (Å²) in [5, 5.41) is 3.89. The van der Waals surface area contributed by atoms with Crippen molar-refractivity contribution in [1.82, 2.24) is 10.2 Å². The Hall–Kier alpha value is -1.76. The first-order valence-corrected chi connectivity index (χ1v) is 10.8. The predicted molar refractivity (Wildman–Crippen MR) is 119 cm³/mol. The van der Waals surface area contributed by atoms with Crippen molar-refractivity contribution in [2.24, 2.45) is 0 Å². The average molecular weight is 502 g/mol. The van der Waals surface area contributed by atoms with Gasteiger partial charge in [-0.2, -0.15) is 0 Å². The molecule has 0 spiro atoms. The van der Waals surface area contributed by atoms with E-state index in [4.69, 9.17) is 27.9 Å². The standard InChI is InChI=1S/C21H23BrCl2N2O3/c1-3-18(21(28)25-4-2)26(12-14-7-5-6-8-17(14)24)20(27)13-29-19-10-9-15(23)11-16(19)22/h5-11,18H,3-4,12-13H2,1-2H3,(H,25,28). The van der Waals surface area contributed by atoms with Crippen molar-refractivity contribution in [2.75, 3.05) is 13.2 Å². The minimum absolute atomic E-state index is 0.205. The lowest BCUT2D eigenvalue weighted by atomic mass is 10.1. The molecule has 1 N–H and O–H groups in total. The molecular weight excluding hydrogens is 479 g/mol. The van der Waals surface area contributed by atoms with Crippen molar-refractivity contribution >= 4 is 50.9 Å². The number of ether oxygens (including phenoxy) is 1. The van der Waals surface area contributed by atoms with E-state index in [0.717, 1.165) is 5.56 Å². The van der Waals surface area contributed by atoms with Crippen LogP contribution in [0.25, 0.3) is 0 Å². The lowest BCUT2D eigenvalue weighted by Crippen LogP contribution is -2.50. The van der Waals surface area contributed by atoms with Gasteiger partial charge in [-0.1, -0.05) is 48.3 Å². The van der Waals surface area contributed by atoms with Crippen LogP contribution in [-0.4, -0.2) is 35.9 Å². The summed E-state index contributed by atoms with van der Waals surface area (Å²) in [5.74, 6) is -0.0283. The van der Waals surface area contributed by atoms with E-state index >= 15 is 0 Å². The number of benzene rings is 2. The molecular formula is C21H23BrCl2N2O3. The summed E-state index contributed by atoms with van der Waals surface area (Å²) in [6.45, 7) is 4.17. The molecule has 0 aliphatic rings. The highest BCUT2D eigenvalue weighted by atomic mass is 79.9. The highest BCUT2D eigenvalue weighted by Crippen LogP contribution is 2.28. The summed E-state index contributed by atoms with van der Waals surface area (Å²) in [4.78, 5) is 27.1. The van der Waals surface area contributed by atoms with Crippen LogP contribution in [0.3, 0.4) is 0 Å². The maximum Gasteiger partial charge on any atom is 0.261 e. The molecule has 0 saturated heterocycles. The van der Waals surface area contributed by atoms with Crippen LogP contribution < -0.4 is 10.1 Å². The molecule has 5 nitrogen and oxygen atoms in total. The minimum atomic E-state index is -0.629. The van der Waals surface area contributed by atoms with Gasteiger partial charge in [0.05, 0.1) is 4.47 Å². The van der Waals surface area contributed by atoms with Gasteiger partial charge >= 0.3 is 0 Å². The van der Waals surface area contributed by atoms with Gasteiger partial charge in [0.25, 0.3) is 5.91 Å². The van der Waals surface area contributed by atoms with Gasteiger partial charge in [0.15, 0.2) is 6.61 Å². The number of hydrogen-bond acceptors (Lipinski definition) is 3. The van der Waals surface area contributed by atoms with Crippen molar-refractivity contribution in [3.8, 4) is 5.75 Å². The van der Waals surface area contributed by atoms with Crippen molar-refractivity contribution in [3.05, 3.63) is 62.5 Å². The van der Waals surface area contributed by atoms with Crippen molar-refractivity contribution < 1.29 is 14.3 Å². The summed E-state index contributed by atoms with van der Waals surface area (Å²) in [7, 11) is 0. The zero-order chi connectivity index (χ0) is 21.4. The smallest absolute Gasteiger partial charge is 0.261 e. The van der Waals surface area contributed by atoms with Gasteiger partial charge in [0.1, 0.15) is 11.8 Å². The Morgan fingerprint density at radius 3 is 2.52 bits per heavy atom. The molecule has 8 heteroatoms. The second-order valence-corrected chi connectivity index (χ2v) is 7.99. The fourth-order valence-corrected chi connectivity index (χ4v) is 3.83. The van der Waals surface area contributed by atoms with Gasteiger partial charge < -0.3 is 15.0 Å². The third-order valence-electron chi connectivity index (χ3n) is 4.28. The first-order chi connectivity index (χ1) is 13.9. The van der Waals surface area contributed by atoms with E-state index in [1.54, 1.807) is 24.3 Å². The normalized spacial score (nSPS) is 11.6.